The van der Waals surface area contributed by atoms with Gasteiger partial charge in [-0.15, -0.1) is 0 Å². The fourth-order valence-electron chi connectivity index (χ4n) is 2.67. The van der Waals surface area contributed by atoms with Crippen molar-refractivity contribution in [1.29, 1.82) is 0 Å². The number of nitrogens with zero attached hydrogens (tertiary/aromatic N) is 1. The van der Waals surface area contributed by atoms with Crippen molar-refractivity contribution < 1.29 is 19.1 Å². The Hall–Kier alpha value is -2.25. The summed E-state index contributed by atoms with van der Waals surface area (Å²) in [6.07, 6.45) is 2.61. The van der Waals surface area contributed by atoms with E-state index in [0.717, 1.165) is 33.8 Å². The molecule has 1 fully saturated rings. The number of hydrogen-bond donors (Lipinski definition) is 0. The summed E-state index contributed by atoms with van der Waals surface area (Å²) in [5, 5.41) is -0.269. The first-order chi connectivity index (χ1) is 13.5. The van der Waals surface area contributed by atoms with E-state index in [0.29, 0.717) is 23.0 Å². The molecule has 0 unspecified atom stereocenters. The van der Waals surface area contributed by atoms with Gasteiger partial charge in [0.05, 0.1) is 25.2 Å². The van der Waals surface area contributed by atoms with Crippen LogP contribution in [0, 0.1) is 0 Å². The molecule has 1 aliphatic rings. The molecule has 2 amide bonds. The van der Waals surface area contributed by atoms with Gasteiger partial charge in [-0.1, -0.05) is 41.1 Å². The fourth-order valence-corrected chi connectivity index (χ4v) is 3.77. The van der Waals surface area contributed by atoms with E-state index in [2.05, 4.69) is 15.9 Å². The third-order valence-electron chi connectivity index (χ3n) is 4.07. The topological polar surface area (TPSA) is 55.8 Å². The first kappa shape index (κ1) is 20.5. The number of halogens is 1. The average Bonchev–Trinajstić information content (AvgIpc) is 2.95. The standard InChI is InChI=1S/C21H20BrNO4S/c1-3-10-27-17-9-6-15(11-18(17)26-2)12-19-20(24)23(21(25)28-19)13-14-4-7-16(22)8-5-14/h4-9,11-12H,3,10,13H2,1-2H3/b19-12-. The minimum atomic E-state index is -0.289. The van der Waals surface area contributed by atoms with Crippen LogP contribution < -0.4 is 9.47 Å². The highest BCUT2D eigenvalue weighted by atomic mass is 79.9. The van der Waals surface area contributed by atoms with Crippen LogP contribution in [0.25, 0.3) is 6.08 Å². The second-order valence-electron chi connectivity index (χ2n) is 6.15. The van der Waals surface area contributed by atoms with Crippen LogP contribution >= 0.6 is 27.7 Å². The molecule has 0 N–H and O–H groups in total. The molecule has 0 atom stereocenters. The summed E-state index contributed by atoms with van der Waals surface area (Å²) in [4.78, 5) is 26.7. The monoisotopic (exact) mass is 461 g/mol. The van der Waals surface area contributed by atoms with Crippen molar-refractivity contribution in [3.8, 4) is 11.5 Å². The predicted molar refractivity (Wildman–Crippen MR) is 114 cm³/mol. The van der Waals surface area contributed by atoms with Gasteiger partial charge in [0.2, 0.25) is 0 Å². The highest BCUT2D eigenvalue weighted by Gasteiger charge is 2.35. The van der Waals surface area contributed by atoms with Crippen molar-refractivity contribution in [3.63, 3.8) is 0 Å². The van der Waals surface area contributed by atoms with Gasteiger partial charge >= 0.3 is 0 Å². The van der Waals surface area contributed by atoms with Gasteiger partial charge in [0.1, 0.15) is 0 Å². The van der Waals surface area contributed by atoms with Crippen molar-refractivity contribution in [2.24, 2.45) is 0 Å². The predicted octanol–water partition coefficient (Wildman–Crippen LogP) is 5.48. The minimum Gasteiger partial charge on any atom is -0.493 e. The zero-order chi connectivity index (χ0) is 20.1. The third-order valence-corrected chi connectivity index (χ3v) is 5.51. The number of carbonyl (C=O) groups excluding carboxylic acids is 2. The zero-order valence-corrected chi connectivity index (χ0v) is 18.0. The molecule has 146 valence electrons. The molecule has 1 saturated heterocycles. The van der Waals surface area contributed by atoms with E-state index in [1.165, 1.54) is 4.90 Å². The number of thioether (sulfide) groups is 1. The van der Waals surface area contributed by atoms with Crippen LogP contribution in [0.1, 0.15) is 24.5 Å². The van der Waals surface area contributed by atoms with Gasteiger partial charge in [-0.3, -0.25) is 14.5 Å². The molecule has 2 aromatic carbocycles. The van der Waals surface area contributed by atoms with Gasteiger partial charge in [0.15, 0.2) is 11.5 Å². The Kier molecular flexibility index (Phi) is 6.80. The van der Waals surface area contributed by atoms with Crippen LogP contribution in [0.3, 0.4) is 0 Å². The molecular formula is C21H20BrNO4S. The molecule has 0 aliphatic carbocycles. The number of benzene rings is 2. The highest BCUT2D eigenvalue weighted by Crippen LogP contribution is 2.35. The number of rotatable bonds is 7. The minimum absolute atomic E-state index is 0.252. The van der Waals surface area contributed by atoms with E-state index < -0.39 is 0 Å². The first-order valence-electron chi connectivity index (χ1n) is 8.82. The number of amides is 2. The Labute approximate surface area is 176 Å². The maximum Gasteiger partial charge on any atom is 0.293 e. The van der Waals surface area contributed by atoms with Gasteiger partial charge < -0.3 is 9.47 Å². The Morgan fingerprint density at radius 2 is 1.86 bits per heavy atom. The van der Waals surface area contributed by atoms with Gasteiger partial charge in [0.25, 0.3) is 11.1 Å². The lowest BCUT2D eigenvalue weighted by atomic mass is 10.1. The van der Waals surface area contributed by atoms with Crippen LogP contribution in [0.15, 0.2) is 51.8 Å². The van der Waals surface area contributed by atoms with E-state index >= 15 is 0 Å². The molecule has 0 aromatic heterocycles. The Morgan fingerprint density at radius 3 is 2.54 bits per heavy atom. The molecule has 1 aliphatic heterocycles. The van der Waals surface area contributed by atoms with Crippen LogP contribution in [0.5, 0.6) is 11.5 Å². The van der Waals surface area contributed by atoms with Crippen molar-refractivity contribution in [3.05, 3.63) is 63.0 Å². The van der Waals surface area contributed by atoms with Crippen LogP contribution in [-0.4, -0.2) is 29.8 Å². The van der Waals surface area contributed by atoms with Crippen LogP contribution in [0.2, 0.25) is 0 Å². The van der Waals surface area contributed by atoms with Crippen molar-refractivity contribution in [2.45, 2.75) is 19.9 Å². The molecule has 0 spiro atoms. The average molecular weight is 462 g/mol. The summed E-state index contributed by atoms with van der Waals surface area (Å²) in [7, 11) is 1.57. The summed E-state index contributed by atoms with van der Waals surface area (Å²) in [6, 6.07) is 13.0. The Morgan fingerprint density at radius 1 is 1.11 bits per heavy atom. The van der Waals surface area contributed by atoms with Crippen LogP contribution in [-0.2, 0) is 11.3 Å². The molecule has 28 heavy (non-hydrogen) atoms. The normalized spacial score (nSPS) is 15.4. The zero-order valence-electron chi connectivity index (χ0n) is 15.6. The number of carbonyl (C=O) groups is 2. The second kappa shape index (κ2) is 9.30. The lowest BCUT2D eigenvalue weighted by Gasteiger charge is -2.12. The van der Waals surface area contributed by atoms with Crippen LogP contribution in [0.4, 0.5) is 4.79 Å². The van der Waals surface area contributed by atoms with Gasteiger partial charge in [-0.25, -0.2) is 0 Å². The summed E-state index contributed by atoms with van der Waals surface area (Å²) in [5.41, 5.74) is 1.67. The van der Waals surface area contributed by atoms with Crippen molar-refractivity contribution in [1.82, 2.24) is 4.90 Å². The fraction of sp³-hybridized carbons (Fsp3) is 0.238. The number of methoxy groups -OCH3 is 1. The maximum atomic E-state index is 12.7. The third kappa shape index (κ3) is 4.77. The molecule has 2 aromatic rings. The first-order valence-corrected chi connectivity index (χ1v) is 10.4. The Balaban J connectivity index is 1.78. The number of ether oxygens (including phenoxy) is 2. The molecule has 0 saturated carbocycles. The molecular weight excluding hydrogens is 442 g/mol. The molecule has 0 radical (unpaired) electrons. The SMILES string of the molecule is CCCOc1ccc(/C=C2\SC(=O)N(Cc3ccc(Br)cc3)C2=O)cc1OC. The molecule has 3 rings (SSSR count). The Bertz CT molecular complexity index is 911. The van der Waals surface area contributed by atoms with E-state index in [9.17, 15) is 9.59 Å². The van der Waals surface area contributed by atoms with Gasteiger partial charge in [-0.2, -0.15) is 0 Å². The van der Waals surface area contributed by atoms with Crippen molar-refractivity contribution >= 4 is 44.9 Å². The molecule has 0 bridgehead atoms. The number of imide groups is 1. The summed E-state index contributed by atoms with van der Waals surface area (Å²) < 4.78 is 12.0. The maximum absolute atomic E-state index is 12.7. The van der Waals surface area contributed by atoms with Gasteiger partial charge in [0, 0.05) is 4.47 Å². The smallest absolute Gasteiger partial charge is 0.293 e. The lowest BCUT2D eigenvalue weighted by Crippen LogP contribution is -2.27. The van der Waals surface area contributed by atoms with E-state index in [1.807, 2.05) is 43.3 Å². The van der Waals surface area contributed by atoms with E-state index in [1.54, 1.807) is 19.3 Å². The lowest BCUT2D eigenvalue weighted by molar-refractivity contribution is -0.123. The number of hydrogen-bond acceptors (Lipinski definition) is 5. The quantitative estimate of drug-likeness (QED) is 0.510. The van der Waals surface area contributed by atoms with E-state index in [-0.39, 0.29) is 17.7 Å². The van der Waals surface area contributed by atoms with Crippen molar-refractivity contribution in [2.75, 3.05) is 13.7 Å². The molecule has 7 heteroatoms. The highest BCUT2D eigenvalue weighted by molar-refractivity contribution is 9.10. The summed E-state index contributed by atoms with van der Waals surface area (Å²) in [5.74, 6) is 0.962. The second-order valence-corrected chi connectivity index (χ2v) is 8.06. The largest absolute Gasteiger partial charge is 0.493 e. The summed E-state index contributed by atoms with van der Waals surface area (Å²) >= 11 is 4.33. The molecule has 1 heterocycles. The van der Waals surface area contributed by atoms with Gasteiger partial charge in [-0.05, 0) is 59.7 Å². The molecule has 5 nitrogen and oxygen atoms in total. The van der Waals surface area contributed by atoms with E-state index in [4.69, 9.17) is 9.47 Å². The summed E-state index contributed by atoms with van der Waals surface area (Å²) in [6.45, 7) is 2.89.